The number of ether oxygens (including phenoxy) is 1. The van der Waals surface area contributed by atoms with E-state index in [0.717, 1.165) is 33.6 Å². The molecule has 1 aliphatic heterocycles. The Morgan fingerprint density at radius 1 is 1.12 bits per heavy atom. The van der Waals surface area contributed by atoms with Crippen LogP contribution < -0.4 is 9.64 Å². The Balaban J connectivity index is 1.73. The van der Waals surface area contributed by atoms with Gasteiger partial charge in [-0.2, -0.15) is 0 Å². The zero-order valence-corrected chi connectivity index (χ0v) is 19.4. The number of aryl methyl sites for hydroxylation is 1. The predicted octanol–water partition coefficient (Wildman–Crippen LogP) is 5.91. The van der Waals surface area contributed by atoms with Gasteiger partial charge in [0.2, 0.25) is 0 Å². The molecule has 33 heavy (non-hydrogen) atoms. The van der Waals surface area contributed by atoms with Gasteiger partial charge in [-0.3, -0.25) is 19.7 Å². The highest BCUT2D eigenvalue weighted by molar-refractivity contribution is 8.19. The minimum absolute atomic E-state index is 0.0759. The molecule has 1 fully saturated rings. The average molecular weight is 484 g/mol. The maximum absolute atomic E-state index is 13.0. The van der Waals surface area contributed by atoms with Gasteiger partial charge in [0.1, 0.15) is 5.75 Å². The lowest BCUT2D eigenvalue weighted by Crippen LogP contribution is -2.27. The number of amides is 2. The summed E-state index contributed by atoms with van der Waals surface area (Å²) in [5.74, 6) is -0.0798. The number of carbonyl (C=O) groups is 2. The number of nitrogens with zero attached hydrogens (tertiary/aromatic N) is 3. The van der Waals surface area contributed by atoms with E-state index in [2.05, 4.69) is 0 Å². The minimum atomic E-state index is -0.483. The number of benzene rings is 2. The number of hydrogen-bond donors (Lipinski definition) is 0. The third kappa shape index (κ3) is 4.12. The van der Waals surface area contributed by atoms with Crippen molar-refractivity contribution in [3.05, 3.63) is 85.5 Å². The van der Waals surface area contributed by atoms with Gasteiger partial charge >= 0.3 is 0 Å². The molecule has 2 heterocycles. The van der Waals surface area contributed by atoms with Crippen molar-refractivity contribution in [2.75, 3.05) is 12.0 Å². The Morgan fingerprint density at radius 2 is 1.88 bits per heavy atom. The number of anilines is 1. The van der Waals surface area contributed by atoms with E-state index >= 15 is 0 Å². The predicted molar refractivity (Wildman–Crippen MR) is 128 cm³/mol. The maximum Gasteiger partial charge on any atom is 0.298 e. The third-order valence-electron chi connectivity index (χ3n) is 5.23. The van der Waals surface area contributed by atoms with Gasteiger partial charge < -0.3 is 9.30 Å². The molecule has 1 aromatic heterocycles. The van der Waals surface area contributed by atoms with Crippen LogP contribution in [0.4, 0.5) is 16.2 Å². The molecular formula is C23H18ClN3O5S. The fourth-order valence-electron chi connectivity index (χ4n) is 3.72. The summed E-state index contributed by atoms with van der Waals surface area (Å²) in [5, 5.41) is 11.1. The average Bonchev–Trinajstić information content (AvgIpc) is 3.21. The highest BCUT2D eigenvalue weighted by Crippen LogP contribution is 2.38. The molecule has 0 bridgehead atoms. The lowest BCUT2D eigenvalue weighted by atomic mass is 10.2. The van der Waals surface area contributed by atoms with Crippen LogP contribution in [0.2, 0.25) is 5.02 Å². The summed E-state index contributed by atoms with van der Waals surface area (Å²) >= 11 is 6.87. The summed E-state index contributed by atoms with van der Waals surface area (Å²) in [6, 6.07) is 12.8. The Morgan fingerprint density at radius 3 is 2.55 bits per heavy atom. The number of nitro benzene ring substituents is 1. The molecule has 4 rings (SSSR count). The van der Waals surface area contributed by atoms with Crippen molar-refractivity contribution in [3.63, 3.8) is 0 Å². The molecule has 1 saturated heterocycles. The molecule has 2 aromatic carbocycles. The molecule has 0 aliphatic carbocycles. The first-order valence-electron chi connectivity index (χ1n) is 9.76. The van der Waals surface area contributed by atoms with Crippen molar-refractivity contribution >= 4 is 52.0 Å². The number of imide groups is 1. The Kier molecular flexibility index (Phi) is 6.01. The van der Waals surface area contributed by atoms with Crippen LogP contribution in [-0.4, -0.2) is 27.7 Å². The Labute approximate surface area is 198 Å². The van der Waals surface area contributed by atoms with E-state index < -0.39 is 16.1 Å². The second-order valence-electron chi connectivity index (χ2n) is 7.27. The van der Waals surface area contributed by atoms with Crippen molar-refractivity contribution in [2.24, 2.45) is 0 Å². The number of hydrogen-bond acceptors (Lipinski definition) is 6. The molecule has 1 aliphatic rings. The number of aromatic nitrogens is 1. The largest absolute Gasteiger partial charge is 0.494 e. The minimum Gasteiger partial charge on any atom is -0.494 e. The Hall–Kier alpha value is -3.56. The van der Waals surface area contributed by atoms with Crippen molar-refractivity contribution in [1.82, 2.24) is 4.57 Å². The quantitative estimate of drug-likeness (QED) is 0.254. The maximum atomic E-state index is 13.0. The van der Waals surface area contributed by atoms with Crippen molar-refractivity contribution in [2.45, 2.75) is 13.8 Å². The number of halogens is 1. The van der Waals surface area contributed by atoms with Gasteiger partial charge in [-0.15, -0.1) is 0 Å². The van der Waals surface area contributed by atoms with Crippen LogP contribution >= 0.6 is 23.4 Å². The lowest BCUT2D eigenvalue weighted by molar-refractivity contribution is -0.384. The lowest BCUT2D eigenvalue weighted by Gasteiger charge is -2.14. The summed E-state index contributed by atoms with van der Waals surface area (Å²) in [7, 11) is 1.45. The van der Waals surface area contributed by atoms with Crippen molar-refractivity contribution < 1.29 is 19.2 Å². The van der Waals surface area contributed by atoms with Crippen LogP contribution in [0.3, 0.4) is 0 Å². The first-order chi connectivity index (χ1) is 15.7. The fraction of sp³-hybridized carbons (Fsp3) is 0.130. The third-order valence-corrected chi connectivity index (χ3v) is 6.34. The Bertz CT molecular complexity index is 1350. The number of thioether (sulfide) groups is 1. The number of nitro groups is 1. The molecule has 0 N–H and O–H groups in total. The first kappa shape index (κ1) is 22.6. The molecule has 2 amide bonds. The summed E-state index contributed by atoms with van der Waals surface area (Å²) < 4.78 is 7.27. The van der Waals surface area contributed by atoms with Crippen LogP contribution in [0.1, 0.15) is 17.0 Å². The molecule has 0 atom stereocenters. The SMILES string of the molecule is COc1cc([N+](=O)[O-])ccc1-n1c(C)cc(/C=C2/SC(=O)N(c3cccc(Cl)c3)C2=O)c1C. The fourth-order valence-corrected chi connectivity index (χ4v) is 4.73. The first-order valence-corrected chi connectivity index (χ1v) is 11.0. The van der Waals surface area contributed by atoms with E-state index in [0.29, 0.717) is 22.1 Å². The van der Waals surface area contributed by atoms with E-state index in [9.17, 15) is 19.7 Å². The van der Waals surface area contributed by atoms with E-state index in [1.807, 2.05) is 24.5 Å². The molecule has 0 radical (unpaired) electrons. The van der Waals surface area contributed by atoms with Gasteiger partial charge in [0.15, 0.2) is 0 Å². The zero-order chi connectivity index (χ0) is 23.9. The van der Waals surface area contributed by atoms with Crippen LogP contribution in [0.15, 0.2) is 53.4 Å². The normalized spacial score (nSPS) is 14.9. The molecule has 10 heteroatoms. The van der Waals surface area contributed by atoms with Crippen molar-refractivity contribution in [3.8, 4) is 11.4 Å². The summed E-state index contributed by atoms with van der Waals surface area (Å²) in [6.45, 7) is 3.74. The molecule has 168 valence electrons. The summed E-state index contributed by atoms with van der Waals surface area (Å²) in [6.07, 6.45) is 1.67. The number of carbonyl (C=O) groups excluding carboxylic acids is 2. The second-order valence-corrected chi connectivity index (χ2v) is 8.70. The smallest absolute Gasteiger partial charge is 0.298 e. The molecule has 0 spiro atoms. The van der Waals surface area contributed by atoms with Gasteiger partial charge in [0.05, 0.1) is 34.4 Å². The number of non-ortho nitro benzene ring substituents is 1. The van der Waals surface area contributed by atoms with Gasteiger partial charge in [-0.1, -0.05) is 17.7 Å². The monoisotopic (exact) mass is 483 g/mol. The van der Waals surface area contributed by atoms with E-state index in [4.69, 9.17) is 16.3 Å². The number of rotatable bonds is 5. The van der Waals surface area contributed by atoms with Gasteiger partial charge in [-0.25, -0.2) is 4.90 Å². The van der Waals surface area contributed by atoms with E-state index in [1.165, 1.54) is 19.2 Å². The van der Waals surface area contributed by atoms with Gasteiger partial charge in [0, 0.05) is 22.5 Å². The molecule has 0 unspecified atom stereocenters. The van der Waals surface area contributed by atoms with Crippen molar-refractivity contribution in [1.29, 1.82) is 0 Å². The van der Waals surface area contributed by atoms with Gasteiger partial charge in [0.25, 0.3) is 16.8 Å². The number of methoxy groups -OCH3 is 1. The van der Waals surface area contributed by atoms with Crippen LogP contribution in [0.5, 0.6) is 5.75 Å². The van der Waals surface area contributed by atoms with Crippen LogP contribution in [0, 0.1) is 24.0 Å². The van der Waals surface area contributed by atoms with E-state index in [1.54, 1.807) is 36.4 Å². The highest BCUT2D eigenvalue weighted by atomic mass is 35.5. The molecular weight excluding hydrogens is 466 g/mol. The zero-order valence-electron chi connectivity index (χ0n) is 17.9. The van der Waals surface area contributed by atoms with Gasteiger partial charge in [-0.05, 0) is 67.6 Å². The molecule has 0 saturated carbocycles. The summed E-state index contributed by atoms with van der Waals surface area (Å²) in [4.78, 5) is 37.6. The van der Waals surface area contributed by atoms with Crippen LogP contribution in [0.25, 0.3) is 11.8 Å². The van der Waals surface area contributed by atoms with Crippen LogP contribution in [-0.2, 0) is 4.79 Å². The second kappa shape index (κ2) is 8.76. The topological polar surface area (TPSA) is 94.7 Å². The molecule has 3 aromatic rings. The van der Waals surface area contributed by atoms with E-state index in [-0.39, 0.29) is 10.6 Å². The summed E-state index contributed by atoms with van der Waals surface area (Å²) in [5.41, 5.74) is 3.32. The molecule has 8 nitrogen and oxygen atoms in total. The standard InChI is InChI=1S/C23H18ClN3O5S/c1-13-9-15(14(2)25(13)19-8-7-18(27(30)31)12-20(19)32-3)10-21-22(28)26(23(29)33-21)17-6-4-5-16(24)11-17/h4-12H,1-3H3/b21-10+. The highest BCUT2D eigenvalue weighted by Gasteiger charge is 2.36.